The zero-order valence-corrected chi connectivity index (χ0v) is 17.6. The van der Waals surface area contributed by atoms with E-state index in [1.54, 1.807) is 35.5 Å². The molecule has 1 saturated carbocycles. The number of aliphatic imine (C=N–C) groups is 1. The lowest BCUT2D eigenvalue weighted by Gasteiger charge is -2.45. The molecule has 2 aromatic rings. The van der Waals surface area contributed by atoms with Gasteiger partial charge in [0.25, 0.3) is 0 Å². The average molecular weight is 417 g/mol. The summed E-state index contributed by atoms with van der Waals surface area (Å²) in [5.74, 6) is 0. The van der Waals surface area contributed by atoms with Crippen LogP contribution in [0.4, 0.5) is 0 Å². The van der Waals surface area contributed by atoms with Crippen molar-refractivity contribution >= 4 is 39.9 Å². The monoisotopic (exact) mass is 416 g/mol. The average Bonchev–Trinajstić information content (AvgIpc) is 3.04. The summed E-state index contributed by atoms with van der Waals surface area (Å²) in [7, 11) is 0. The van der Waals surface area contributed by atoms with E-state index in [2.05, 4.69) is 18.0 Å². The minimum atomic E-state index is -0.410. The van der Waals surface area contributed by atoms with Crippen molar-refractivity contribution < 1.29 is 0 Å². The first-order valence-corrected chi connectivity index (χ1v) is 11.1. The summed E-state index contributed by atoms with van der Waals surface area (Å²) >= 11 is 10.1. The molecule has 0 aromatic carbocycles. The summed E-state index contributed by atoms with van der Waals surface area (Å²) in [6.07, 6.45) is 10.5. The third-order valence-corrected chi connectivity index (χ3v) is 8.57. The number of hydrogen-bond donors (Lipinski definition) is 1. The number of nitrogens with zero attached hydrogens (tertiary/aromatic N) is 3. The van der Waals surface area contributed by atoms with Crippen molar-refractivity contribution in [2.24, 2.45) is 10.7 Å². The number of halogens is 1. The molecule has 3 heterocycles. The molecule has 0 radical (unpaired) electrons. The SMILES string of the molecule is C[C@@]1(c2sc(-c3cncc(C#N)c3)cc2Cl)CC2(CCCCC2)SC(N)=N1. The highest BCUT2D eigenvalue weighted by atomic mass is 35.5. The van der Waals surface area contributed by atoms with Crippen LogP contribution < -0.4 is 5.73 Å². The molecule has 140 valence electrons. The molecule has 1 aliphatic heterocycles. The van der Waals surface area contributed by atoms with Crippen LogP contribution in [0.1, 0.15) is 55.9 Å². The van der Waals surface area contributed by atoms with Crippen molar-refractivity contribution in [2.45, 2.75) is 55.7 Å². The van der Waals surface area contributed by atoms with Crippen molar-refractivity contribution in [3.05, 3.63) is 40.0 Å². The van der Waals surface area contributed by atoms with Gasteiger partial charge in [-0.15, -0.1) is 11.3 Å². The minimum absolute atomic E-state index is 0.175. The lowest BCUT2D eigenvalue weighted by Crippen LogP contribution is -2.42. The van der Waals surface area contributed by atoms with Crippen LogP contribution in [0.5, 0.6) is 0 Å². The Kier molecular flexibility index (Phi) is 4.96. The van der Waals surface area contributed by atoms with Crippen LogP contribution in [0.15, 0.2) is 29.5 Å². The maximum absolute atomic E-state index is 9.14. The van der Waals surface area contributed by atoms with Crippen LogP contribution in [0.3, 0.4) is 0 Å². The minimum Gasteiger partial charge on any atom is -0.378 e. The van der Waals surface area contributed by atoms with E-state index in [0.29, 0.717) is 15.8 Å². The van der Waals surface area contributed by atoms with Crippen LogP contribution in [0.25, 0.3) is 10.4 Å². The van der Waals surface area contributed by atoms with E-state index in [-0.39, 0.29) is 4.75 Å². The van der Waals surface area contributed by atoms with Gasteiger partial charge >= 0.3 is 0 Å². The number of nitriles is 1. The maximum Gasteiger partial charge on any atom is 0.155 e. The summed E-state index contributed by atoms with van der Waals surface area (Å²) in [5.41, 5.74) is 7.33. The van der Waals surface area contributed by atoms with Crippen molar-refractivity contribution in [1.29, 1.82) is 5.26 Å². The third kappa shape index (κ3) is 3.61. The van der Waals surface area contributed by atoms with Gasteiger partial charge in [0.1, 0.15) is 6.07 Å². The molecule has 0 unspecified atom stereocenters. The van der Waals surface area contributed by atoms with Crippen molar-refractivity contribution in [3.8, 4) is 16.5 Å². The van der Waals surface area contributed by atoms with Gasteiger partial charge in [0.05, 0.1) is 21.0 Å². The van der Waals surface area contributed by atoms with Gasteiger partial charge in [-0.25, -0.2) is 0 Å². The van der Waals surface area contributed by atoms with E-state index in [9.17, 15) is 0 Å². The summed E-state index contributed by atoms with van der Waals surface area (Å²) < 4.78 is 0.175. The van der Waals surface area contributed by atoms with E-state index in [0.717, 1.165) is 21.7 Å². The lowest BCUT2D eigenvalue weighted by atomic mass is 9.78. The Morgan fingerprint density at radius 1 is 1.22 bits per heavy atom. The van der Waals surface area contributed by atoms with E-state index in [1.807, 2.05) is 12.1 Å². The van der Waals surface area contributed by atoms with Gasteiger partial charge in [0.2, 0.25) is 0 Å². The fraction of sp³-hybridized carbons (Fsp3) is 0.450. The van der Waals surface area contributed by atoms with Crippen LogP contribution in [-0.2, 0) is 5.54 Å². The molecule has 1 aliphatic carbocycles. The van der Waals surface area contributed by atoms with E-state index in [4.69, 9.17) is 27.6 Å². The van der Waals surface area contributed by atoms with Gasteiger partial charge in [-0.2, -0.15) is 5.26 Å². The fourth-order valence-electron chi connectivity index (χ4n) is 4.31. The molecule has 2 N–H and O–H groups in total. The van der Waals surface area contributed by atoms with Gasteiger partial charge in [-0.05, 0) is 38.3 Å². The Morgan fingerprint density at radius 3 is 2.74 bits per heavy atom. The first-order valence-electron chi connectivity index (χ1n) is 9.13. The number of pyridine rings is 1. The van der Waals surface area contributed by atoms with E-state index in [1.165, 1.54) is 32.1 Å². The summed E-state index contributed by atoms with van der Waals surface area (Å²) in [6.45, 7) is 2.15. The second-order valence-electron chi connectivity index (χ2n) is 7.61. The van der Waals surface area contributed by atoms with Crippen molar-refractivity contribution in [2.75, 3.05) is 0 Å². The predicted octanol–water partition coefficient (Wildman–Crippen LogP) is 5.70. The Bertz CT molecular complexity index is 940. The Morgan fingerprint density at radius 2 is 2.00 bits per heavy atom. The molecule has 2 aliphatic rings. The quantitative estimate of drug-likeness (QED) is 0.680. The van der Waals surface area contributed by atoms with Crippen LogP contribution in [0, 0.1) is 11.3 Å². The molecule has 0 saturated heterocycles. The number of amidine groups is 1. The molecule has 2 aromatic heterocycles. The molecular formula is C20H21ClN4S2. The lowest BCUT2D eigenvalue weighted by molar-refractivity contribution is 0.306. The molecule has 4 nitrogen and oxygen atoms in total. The van der Waals surface area contributed by atoms with Gasteiger partial charge in [-0.1, -0.05) is 42.6 Å². The molecule has 0 bridgehead atoms. The zero-order valence-electron chi connectivity index (χ0n) is 15.2. The highest BCUT2D eigenvalue weighted by Crippen LogP contribution is 2.54. The van der Waals surface area contributed by atoms with Gasteiger partial charge in [0.15, 0.2) is 5.17 Å². The molecule has 1 fully saturated rings. The number of aromatic nitrogens is 1. The third-order valence-electron chi connectivity index (χ3n) is 5.44. The Labute approximate surface area is 172 Å². The second kappa shape index (κ2) is 7.12. The molecule has 7 heteroatoms. The number of nitrogens with two attached hydrogens (primary N) is 1. The largest absolute Gasteiger partial charge is 0.378 e. The topological polar surface area (TPSA) is 75.1 Å². The number of thioether (sulfide) groups is 1. The van der Waals surface area contributed by atoms with Gasteiger partial charge in [-0.3, -0.25) is 9.98 Å². The second-order valence-corrected chi connectivity index (χ2v) is 10.6. The maximum atomic E-state index is 9.14. The Hall–Kier alpha value is -1.55. The van der Waals surface area contributed by atoms with Crippen molar-refractivity contribution in [3.63, 3.8) is 0 Å². The first kappa shape index (κ1) is 18.8. The summed E-state index contributed by atoms with van der Waals surface area (Å²) in [6, 6.07) is 5.95. The normalized spacial score (nSPS) is 24.4. The number of thiophene rings is 1. The number of hydrogen-bond acceptors (Lipinski definition) is 6. The molecule has 0 amide bonds. The van der Waals surface area contributed by atoms with E-state index < -0.39 is 5.54 Å². The molecule has 27 heavy (non-hydrogen) atoms. The summed E-state index contributed by atoms with van der Waals surface area (Å²) in [5, 5.41) is 10.5. The molecule has 1 spiro atoms. The van der Waals surface area contributed by atoms with Crippen LogP contribution >= 0.6 is 34.7 Å². The molecular weight excluding hydrogens is 396 g/mol. The van der Waals surface area contributed by atoms with Crippen LogP contribution in [-0.4, -0.2) is 14.9 Å². The molecule has 4 rings (SSSR count). The smallest absolute Gasteiger partial charge is 0.155 e. The summed E-state index contributed by atoms with van der Waals surface area (Å²) in [4.78, 5) is 11.1. The standard InChI is InChI=1S/C20H21ClN4S2/c1-19(12-20(27-18(23)25-19)5-3-2-4-6-20)17-15(21)8-16(26-17)14-7-13(9-22)10-24-11-14/h7-8,10-11H,2-6,12H2,1H3,(H2,23,25)/t19-/m0/s1. The van der Waals surface area contributed by atoms with Gasteiger partial charge < -0.3 is 5.73 Å². The highest BCUT2D eigenvalue weighted by molar-refractivity contribution is 8.15. The first-order chi connectivity index (χ1) is 12.9. The Balaban J connectivity index is 1.73. The van der Waals surface area contributed by atoms with Crippen molar-refractivity contribution in [1.82, 2.24) is 4.98 Å². The fourth-order valence-corrected chi connectivity index (χ4v) is 7.46. The highest BCUT2D eigenvalue weighted by Gasteiger charge is 2.46. The zero-order chi connectivity index (χ0) is 19.1. The molecule has 1 atom stereocenters. The van der Waals surface area contributed by atoms with Crippen LogP contribution in [0.2, 0.25) is 5.02 Å². The van der Waals surface area contributed by atoms with E-state index >= 15 is 0 Å². The number of rotatable bonds is 2. The van der Waals surface area contributed by atoms with Gasteiger partial charge in [0, 0.05) is 27.6 Å². The predicted molar refractivity (Wildman–Crippen MR) is 114 cm³/mol.